The third-order valence-electron chi connectivity index (χ3n) is 6.68. The summed E-state index contributed by atoms with van der Waals surface area (Å²) in [5.74, 6) is -2.74. The van der Waals surface area contributed by atoms with E-state index in [2.05, 4.69) is 31.9 Å². The number of fused-ring (bicyclic) bond motifs is 5. The van der Waals surface area contributed by atoms with E-state index in [1.54, 1.807) is 38.1 Å². The highest BCUT2D eigenvalue weighted by Gasteiger charge is 2.67. The average molecular weight is 576 g/mol. The zero-order valence-electron chi connectivity index (χ0n) is 17.0. The van der Waals surface area contributed by atoms with Gasteiger partial charge in [-0.15, -0.1) is 0 Å². The Morgan fingerprint density at radius 1 is 1.06 bits per heavy atom. The Bertz CT molecular complexity index is 904. The Morgan fingerprint density at radius 2 is 1.58 bits per heavy atom. The summed E-state index contributed by atoms with van der Waals surface area (Å²) in [5.41, 5.74) is 0.365. The number of halogens is 3. The molecule has 1 aromatic carbocycles. The minimum Gasteiger partial charge on any atom is -0.456 e. The SMILES string of the molecule is CC(C)[C@@H](C(=O)OCC(=O)c1ccc(Cl)cc1)N1C(=O)[C@H]2[C@@H]3C[C@H]([C@@H](Br)[C@H]3Br)[C@@H]2C1=O. The molecule has 3 aliphatic rings. The monoisotopic (exact) mass is 573 g/mol. The van der Waals surface area contributed by atoms with E-state index in [-0.39, 0.29) is 45.0 Å². The summed E-state index contributed by atoms with van der Waals surface area (Å²) in [6.45, 7) is 3.05. The highest BCUT2D eigenvalue weighted by Crippen LogP contribution is 2.60. The third-order valence-corrected chi connectivity index (χ3v) is 10.1. The van der Waals surface area contributed by atoms with Crippen molar-refractivity contribution in [3.05, 3.63) is 34.9 Å². The molecule has 7 atom stereocenters. The first-order valence-electron chi connectivity index (χ1n) is 10.2. The number of alkyl halides is 2. The lowest BCUT2D eigenvalue weighted by Crippen LogP contribution is -2.50. The highest BCUT2D eigenvalue weighted by molar-refractivity contribution is 9.12. The molecule has 3 fully saturated rings. The number of likely N-dealkylation sites (tertiary alicyclic amines) is 1. The topological polar surface area (TPSA) is 80.8 Å². The fourth-order valence-electron chi connectivity index (χ4n) is 5.26. The number of esters is 1. The van der Waals surface area contributed by atoms with Crippen molar-refractivity contribution in [1.82, 2.24) is 4.90 Å². The van der Waals surface area contributed by atoms with Crippen LogP contribution in [0.4, 0.5) is 0 Å². The van der Waals surface area contributed by atoms with Gasteiger partial charge in [-0.05, 0) is 48.4 Å². The van der Waals surface area contributed by atoms with Crippen LogP contribution in [-0.4, -0.2) is 50.8 Å². The van der Waals surface area contributed by atoms with Gasteiger partial charge >= 0.3 is 5.97 Å². The number of Topliss-reactive ketones (excluding diaryl/α,β-unsaturated/α-hetero) is 1. The van der Waals surface area contributed by atoms with E-state index in [1.807, 2.05) is 0 Å². The maximum absolute atomic E-state index is 13.3. The fourth-order valence-corrected chi connectivity index (χ4v) is 7.26. The van der Waals surface area contributed by atoms with Crippen molar-refractivity contribution in [3.63, 3.8) is 0 Å². The summed E-state index contributed by atoms with van der Waals surface area (Å²) in [7, 11) is 0. The van der Waals surface area contributed by atoms with Gasteiger partial charge in [-0.1, -0.05) is 57.3 Å². The molecule has 0 unspecified atom stereocenters. The number of nitrogens with zero attached hydrogens (tertiary/aromatic N) is 1. The van der Waals surface area contributed by atoms with Gasteiger partial charge in [0.15, 0.2) is 12.4 Å². The first-order chi connectivity index (χ1) is 14.6. The van der Waals surface area contributed by atoms with Gasteiger partial charge < -0.3 is 4.74 Å². The molecule has 1 aliphatic heterocycles. The van der Waals surface area contributed by atoms with Crippen LogP contribution < -0.4 is 0 Å². The molecule has 9 heteroatoms. The molecule has 31 heavy (non-hydrogen) atoms. The van der Waals surface area contributed by atoms with E-state index >= 15 is 0 Å². The van der Waals surface area contributed by atoms with Gasteiger partial charge in [-0.25, -0.2) is 4.79 Å². The van der Waals surface area contributed by atoms with Crippen LogP contribution >= 0.6 is 43.5 Å². The fraction of sp³-hybridized carbons (Fsp3) is 0.545. The smallest absolute Gasteiger partial charge is 0.330 e. The standard InChI is InChI=1S/C22H22Br2ClNO5/c1-9(2)19(22(30)31-8-14(27)10-3-5-11(25)6-4-10)26-20(28)15-12-7-13(16(15)21(26)29)18(24)17(12)23/h3-6,9,12-13,15-19H,7-8H2,1-2H3/t12-,13-,15-,16-,17-,18+,19-/m0/s1. The summed E-state index contributed by atoms with van der Waals surface area (Å²) in [4.78, 5) is 53.2. The lowest BCUT2D eigenvalue weighted by molar-refractivity contribution is -0.160. The van der Waals surface area contributed by atoms with E-state index in [4.69, 9.17) is 16.3 Å². The molecule has 166 valence electrons. The molecule has 6 nitrogen and oxygen atoms in total. The summed E-state index contributed by atoms with van der Waals surface area (Å²) in [5, 5.41) is 0.496. The number of carbonyl (C=O) groups is 4. The van der Waals surface area contributed by atoms with Gasteiger partial charge in [0.2, 0.25) is 11.8 Å². The van der Waals surface area contributed by atoms with Gasteiger partial charge in [0, 0.05) is 20.2 Å². The molecule has 0 radical (unpaired) electrons. The Kier molecular flexibility index (Phi) is 6.36. The second-order valence-corrected chi connectivity index (χ2v) is 11.3. The minimum absolute atomic E-state index is 0.0659. The molecule has 2 bridgehead atoms. The van der Waals surface area contributed by atoms with Crippen LogP contribution in [-0.2, 0) is 19.1 Å². The van der Waals surface area contributed by atoms with Crippen molar-refractivity contribution < 1.29 is 23.9 Å². The summed E-state index contributed by atoms with van der Waals surface area (Å²) in [6.07, 6.45) is 0.818. The molecular formula is C22H22Br2ClNO5. The Labute approximate surface area is 202 Å². The van der Waals surface area contributed by atoms with E-state index in [0.717, 1.165) is 11.3 Å². The molecule has 1 aromatic rings. The van der Waals surface area contributed by atoms with E-state index < -0.39 is 30.5 Å². The molecule has 0 N–H and O–H groups in total. The zero-order chi connectivity index (χ0) is 22.6. The van der Waals surface area contributed by atoms with Crippen molar-refractivity contribution in [2.24, 2.45) is 29.6 Å². The molecule has 2 saturated carbocycles. The van der Waals surface area contributed by atoms with Crippen molar-refractivity contribution >= 4 is 67.0 Å². The largest absolute Gasteiger partial charge is 0.456 e. The van der Waals surface area contributed by atoms with Crippen LogP contribution in [0.5, 0.6) is 0 Å². The summed E-state index contributed by atoms with van der Waals surface area (Å²) in [6, 6.07) is 5.21. The van der Waals surface area contributed by atoms with Crippen LogP contribution in [0.15, 0.2) is 24.3 Å². The molecule has 1 saturated heterocycles. The van der Waals surface area contributed by atoms with Crippen molar-refractivity contribution in [1.29, 1.82) is 0 Å². The number of hydrogen-bond donors (Lipinski definition) is 0. The second kappa shape index (κ2) is 8.60. The van der Waals surface area contributed by atoms with Crippen molar-refractivity contribution in [3.8, 4) is 0 Å². The quantitative estimate of drug-likeness (QED) is 0.223. The first-order valence-corrected chi connectivity index (χ1v) is 12.4. The number of amides is 2. The minimum atomic E-state index is -1.05. The summed E-state index contributed by atoms with van der Waals surface area (Å²) >= 11 is 13.2. The lowest BCUT2D eigenvalue weighted by atomic mass is 9.81. The van der Waals surface area contributed by atoms with Crippen LogP contribution in [0, 0.1) is 29.6 Å². The van der Waals surface area contributed by atoms with Crippen LogP contribution in [0.1, 0.15) is 30.6 Å². The predicted octanol–water partition coefficient (Wildman–Crippen LogP) is 3.87. The number of benzene rings is 1. The van der Waals surface area contributed by atoms with Crippen molar-refractivity contribution in [2.75, 3.05) is 6.61 Å². The van der Waals surface area contributed by atoms with Gasteiger partial charge in [-0.3, -0.25) is 19.3 Å². The number of imide groups is 1. The molecular weight excluding hydrogens is 554 g/mol. The number of carbonyl (C=O) groups excluding carboxylic acids is 4. The number of ketones is 1. The maximum atomic E-state index is 13.3. The van der Waals surface area contributed by atoms with Crippen molar-refractivity contribution in [2.45, 2.75) is 36.0 Å². The normalized spacial score (nSPS) is 32.5. The number of ether oxygens (including phenoxy) is 1. The van der Waals surface area contributed by atoms with Crippen LogP contribution in [0.3, 0.4) is 0 Å². The molecule has 2 aliphatic carbocycles. The molecule has 1 heterocycles. The highest BCUT2D eigenvalue weighted by atomic mass is 79.9. The molecule has 0 aromatic heterocycles. The lowest BCUT2D eigenvalue weighted by Gasteiger charge is -2.28. The Hall–Kier alpha value is -1.25. The van der Waals surface area contributed by atoms with E-state index in [0.29, 0.717) is 10.6 Å². The number of hydrogen-bond acceptors (Lipinski definition) is 5. The zero-order valence-corrected chi connectivity index (χ0v) is 20.9. The van der Waals surface area contributed by atoms with Gasteiger partial charge in [-0.2, -0.15) is 0 Å². The van der Waals surface area contributed by atoms with E-state index in [9.17, 15) is 19.2 Å². The molecule has 2 amide bonds. The van der Waals surface area contributed by atoms with Gasteiger partial charge in [0.1, 0.15) is 6.04 Å². The third kappa shape index (κ3) is 3.78. The van der Waals surface area contributed by atoms with Gasteiger partial charge in [0.05, 0.1) is 11.8 Å². The average Bonchev–Trinajstić information content (AvgIpc) is 3.33. The number of rotatable bonds is 6. The van der Waals surface area contributed by atoms with Crippen LogP contribution in [0.25, 0.3) is 0 Å². The summed E-state index contributed by atoms with van der Waals surface area (Å²) < 4.78 is 5.27. The Balaban J connectivity index is 1.49. The first kappa shape index (κ1) is 22.9. The Morgan fingerprint density at radius 3 is 2.06 bits per heavy atom. The predicted molar refractivity (Wildman–Crippen MR) is 121 cm³/mol. The molecule has 4 rings (SSSR count). The molecule has 0 spiro atoms. The van der Waals surface area contributed by atoms with Crippen LogP contribution in [0.2, 0.25) is 5.02 Å². The van der Waals surface area contributed by atoms with E-state index in [1.165, 1.54) is 0 Å². The van der Waals surface area contributed by atoms with Gasteiger partial charge in [0.25, 0.3) is 0 Å². The second-order valence-electron chi connectivity index (χ2n) is 8.78. The maximum Gasteiger partial charge on any atom is 0.330 e.